The first-order chi connectivity index (χ1) is 9.99. The van der Waals surface area contributed by atoms with E-state index in [1.165, 1.54) is 11.3 Å². The molecule has 3 atom stereocenters. The predicted molar refractivity (Wildman–Crippen MR) is 81.4 cm³/mol. The number of nitrogens with one attached hydrogen (secondary N) is 1. The molecule has 1 saturated carbocycles. The average molecular weight is 307 g/mol. The summed E-state index contributed by atoms with van der Waals surface area (Å²) in [5.41, 5.74) is 0.784. The van der Waals surface area contributed by atoms with E-state index in [0.717, 1.165) is 23.5 Å². The molecule has 5 nitrogen and oxygen atoms in total. The summed E-state index contributed by atoms with van der Waals surface area (Å²) in [6, 6.07) is 0.334. The van der Waals surface area contributed by atoms with Crippen LogP contribution in [0.4, 0.5) is 0 Å². The smallest absolute Gasteiger partial charge is 0.263 e. The molecule has 2 amide bonds. The molecule has 6 heteroatoms. The maximum absolute atomic E-state index is 12.3. The van der Waals surface area contributed by atoms with Crippen molar-refractivity contribution in [2.75, 3.05) is 6.54 Å². The van der Waals surface area contributed by atoms with Gasteiger partial charge >= 0.3 is 0 Å². The van der Waals surface area contributed by atoms with Gasteiger partial charge in [0.2, 0.25) is 5.91 Å². The van der Waals surface area contributed by atoms with E-state index in [2.05, 4.69) is 17.2 Å². The number of rotatable bonds is 4. The van der Waals surface area contributed by atoms with Crippen molar-refractivity contribution in [1.29, 1.82) is 0 Å². The Morgan fingerprint density at radius 1 is 1.52 bits per heavy atom. The second kappa shape index (κ2) is 5.40. The van der Waals surface area contributed by atoms with E-state index in [1.807, 2.05) is 18.7 Å². The van der Waals surface area contributed by atoms with E-state index in [-0.39, 0.29) is 17.9 Å². The Morgan fingerprint density at radius 3 is 2.81 bits per heavy atom. The fraction of sp³-hybridized carbons (Fsp3) is 0.667. The summed E-state index contributed by atoms with van der Waals surface area (Å²) in [7, 11) is 0. The van der Waals surface area contributed by atoms with Crippen molar-refractivity contribution in [3.05, 3.63) is 15.6 Å². The van der Waals surface area contributed by atoms with Gasteiger partial charge in [0.15, 0.2) is 0 Å². The van der Waals surface area contributed by atoms with Crippen molar-refractivity contribution in [2.24, 2.45) is 5.92 Å². The SMILES string of the molecule is CCc1nc(C)c(C(=O)NC2CC(=O)N(C3CC3C)C2)s1. The van der Waals surface area contributed by atoms with Crippen LogP contribution in [-0.2, 0) is 11.2 Å². The van der Waals surface area contributed by atoms with E-state index >= 15 is 0 Å². The number of nitrogens with zero attached hydrogens (tertiary/aromatic N) is 2. The van der Waals surface area contributed by atoms with Crippen molar-refractivity contribution >= 4 is 23.2 Å². The number of carbonyl (C=O) groups excluding carboxylic acids is 2. The first kappa shape index (κ1) is 14.5. The Balaban J connectivity index is 1.63. The van der Waals surface area contributed by atoms with Crippen LogP contribution in [0.5, 0.6) is 0 Å². The summed E-state index contributed by atoms with van der Waals surface area (Å²) in [5.74, 6) is 0.692. The molecule has 1 aromatic heterocycles. The largest absolute Gasteiger partial charge is 0.346 e. The van der Waals surface area contributed by atoms with Gasteiger partial charge in [-0.15, -0.1) is 11.3 Å². The molecule has 2 aliphatic rings. The average Bonchev–Trinajstić information content (AvgIpc) is 2.86. The van der Waals surface area contributed by atoms with Crippen LogP contribution < -0.4 is 5.32 Å². The van der Waals surface area contributed by atoms with Gasteiger partial charge in [-0.1, -0.05) is 13.8 Å². The monoisotopic (exact) mass is 307 g/mol. The van der Waals surface area contributed by atoms with Gasteiger partial charge in [0.05, 0.1) is 16.7 Å². The Bertz CT molecular complexity index is 583. The zero-order chi connectivity index (χ0) is 15.1. The lowest BCUT2D eigenvalue weighted by Crippen LogP contribution is -2.37. The summed E-state index contributed by atoms with van der Waals surface area (Å²) in [6.45, 7) is 6.71. The number of aromatic nitrogens is 1. The highest BCUT2D eigenvalue weighted by atomic mass is 32.1. The first-order valence-electron chi connectivity index (χ1n) is 7.56. The van der Waals surface area contributed by atoms with Crippen molar-refractivity contribution in [1.82, 2.24) is 15.2 Å². The number of thiazole rings is 1. The summed E-state index contributed by atoms with van der Waals surface area (Å²) in [5, 5.41) is 3.98. The zero-order valence-electron chi connectivity index (χ0n) is 12.7. The second-order valence-electron chi connectivity index (χ2n) is 6.08. The zero-order valence-corrected chi connectivity index (χ0v) is 13.5. The Hall–Kier alpha value is -1.43. The molecule has 0 bridgehead atoms. The fourth-order valence-corrected chi connectivity index (χ4v) is 3.86. The van der Waals surface area contributed by atoms with Gasteiger partial charge in [0.1, 0.15) is 4.88 Å². The molecule has 21 heavy (non-hydrogen) atoms. The van der Waals surface area contributed by atoms with Crippen molar-refractivity contribution in [3.63, 3.8) is 0 Å². The van der Waals surface area contributed by atoms with Crippen molar-refractivity contribution in [2.45, 2.75) is 52.1 Å². The molecule has 1 saturated heterocycles. The molecule has 2 heterocycles. The molecule has 0 spiro atoms. The minimum atomic E-state index is -0.0896. The van der Waals surface area contributed by atoms with Crippen molar-refractivity contribution < 1.29 is 9.59 Å². The van der Waals surface area contributed by atoms with Crippen LogP contribution in [0.15, 0.2) is 0 Å². The highest BCUT2D eigenvalue weighted by Gasteiger charge is 2.44. The molecule has 1 aliphatic heterocycles. The number of amides is 2. The number of carbonyl (C=O) groups is 2. The lowest BCUT2D eigenvalue weighted by Gasteiger charge is -2.16. The van der Waals surface area contributed by atoms with Gasteiger partial charge in [0, 0.05) is 19.0 Å². The molecular formula is C15H21N3O2S. The molecule has 1 aromatic rings. The van der Waals surface area contributed by atoms with Crippen LogP contribution in [0.25, 0.3) is 0 Å². The first-order valence-corrected chi connectivity index (χ1v) is 8.37. The van der Waals surface area contributed by atoms with E-state index in [9.17, 15) is 9.59 Å². The number of aryl methyl sites for hydroxylation is 2. The molecule has 114 valence electrons. The van der Waals surface area contributed by atoms with Crippen LogP contribution >= 0.6 is 11.3 Å². The molecule has 3 rings (SSSR count). The van der Waals surface area contributed by atoms with Crippen LogP contribution in [0.2, 0.25) is 0 Å². The lowest BCUT2D eigenvalue weighted by molar-refractivity contribution is -0.128. The van der Waals surface area contributed by atoms with Crippen LogP contribution in [-0.4, -0.2) is 40.3 Å². The summed E-state index contributed by atoms with van der Waals surface area (Å²) in [6.07, 6.45) is 2.36. The minimum Gasteiger partial charge on any atom is -0.346 e. The quantitative estimate of drug-likeness (QED) is 0.922. The summed E-state index contributed by atoms with van der Waals surface area (Å²) < 4.78 is 0. The molecule has 3 unspecified atom stereocenters. The molecule has 0 aromatic carbocycles. The third-order valence-electron chi connectivity index (χ3n) is 4.31. The van der Waals surface area contributed by atoms with Gasteiger partial charge in [-0.05, 0) is 25.7 Å². The van der Waals surface area contributed by atoms with Gasteiger partial charge in [-0.25, -0.2) is 4.98 Å². The molecular weight excluding hydrogens is 286 g/mol. The third-order valence-corrected chi connectivity index (χ3v) is 5.61. The van der Waals surface area contributed by atoms with Crippen molar-refractivity contribution in [3.8, 4) is 0 Å². The maximum Gasteiger partial charge on any atom is 0.263 e. The van der Waals surface area contributed by atoms with E-state index in [4.69, 9.17) is 0 Å². The standard InChI is InChI=1S/C15H21N3O2S/c1-4-12-16-9(3)14(21-12)15(20)17-10-6-13(19)18(7-10)11-5-8(11)2/h8,10-11H,4-7H2,1-3H3,(H,17,20). The topological polar surface area (TPSA) is 62.3 Å². The number of hydrogen-bond acceptors (Lipinski definition) is 4. The molecule has 1 aliphatic carbocycles. The normalized spacial score (nSPS) is 28.0. The molecule has 1 N–H and O–H groups in total. The molecule has 2 fully saturated rings. The van der Waals surface area contributed by atoms with E-state index < -0.39 is 0 Å². The number of hydrogen-bond donors (Lipinski definition) is 1. The van der Waals surface area contributed by atoms with Crippen LogP contribution in [0.1, 0.15) is 47.1 Å². The Kier molecular flexibility index (Phi) is 3.73. The Labute approximate surface area is 128 Å². The second-order valence-corrected chi connectivity index (χ2v) is 7.16. The Morgan fingerprint density at radius 2 is 2.24 bits per heavy atom. The highest BCUT2D eigenvalue weighted by Crippen LogP contribution is 2.37. The van der Waals surface area contributed by atoms with Gasteiger partial charge < -0.3 is 10.2 Å². The van der Waals surface area contributed by atoms with Gasteiger partial charge in [0.25, 0.3) is 5.91 Å². The van der Waals surface area contributed by atoms with Crippen LogP contribution in [0.3, 0.4) is 0 Å². The fourth-order valence-electron chi connectivity index (χ4n) is 2.95. The van der Waals surface area contributed by atoms with Crippen LogP contribution in [0, 0.1) is 12.8 Å². The summed E-state index contributed by atoms with van der Waals surface area (Å²) >= 11 is 1.45. The van der Waals surface area contributed by atoms with E-state index in [1.54, 1.807) is 0 Å². The minimum absolute atomic E-state index is 0.0654. The highest BCUT2D eigenvalue weighted by molar-refractivity contribution is 7.13. The third kappa shape index (κ3) is 2.81. The maximum atomic E-state index is 12.3. The predicted octanol–water partition coefficient (Wildman–Crippen LogP) is 1.75. The molecule has 0 radical (unpaired) electrons. The van der Waals surface area contributed by atoms with E-state index in [0.29, 0.717) is 29.8 Å². The van der Waals surface area contributed by atoms with Gasteiger partial charge in [-0.3, -0.25) is 9.59 Å². The number of likely N-dealkylation sites (tertiary alicyclic amines) is 1. The van der Waals surface area contributed by atoms with Gasteiger partial charge in [-0.2, -0.15) is 0 Å². The lowest BCUT2D eigenvalue weighted by atomic mass is 10.2. The summed E-state index contributed by atoms with van der Waals surface area (Å²) in [4.78, 5) is 31.4.